The minimum Gasteiger partial charge on any atom is -0.354 e. The van der Waals surface area contributed by atoms with Gasteiger partial charge in [0.15, 0.2) is 0 Å². The van der Waals surface area contributed by atoms with E-state index < -0.39 is 0 Å². The number of aryl methyl sites for hydroxylation is 1. The summed E-state index contributed by atoms with van der Waals surface area (Å²) < 4.78 is 0. The fourth-order valence-corrected chi connectivity index (χ4v) is 2.74. The van der Waals surface area contributed by atoms with Crippen molar-refractivity contribution >= 4 is 5.82 Å². The van der Waals surface area contributed by atoms with Crippen molar-refractivity contribution in [2.75, 3.05) is 31.1 Å². The Bertz CT molecular complexity index is 420. The van der Waals surface area contributed by atoms with Crippen molar-refractivity contribution in [3.05, 3.63) is 23.4 Å². The summed E-state index contributed by atoms with van der Waals surface area (Å²) in [5.74, 6) is 1.10. The molecule has 2 aliphatic rings. The Morgan fingerprint density at radius 2 is 1.94 bits per heavy atom. The van der Waals surface area contributed by atoms with Crippen LogP contribution in [0.2, 0.25) is 0 Å². The van der Waals surface area contributed by atoms with Gasteiger partial charge >= 0.3 is 0 Å². The number of hydrogen-bond acceptors (Lipinski definition) is 4. The molecule has 0 bridgehead atoms. The van der Waals surface area contributed by atoms with E-state index >= 15 is 0 Å². The topological polar surface area (TPSA) is 45.4 Å². The van der Waals surface area contributed by atoms with Crippen LogP contribution in [0.1, 0.15) is 24.1 Å². The van der Waals surface area contributed by atoms with E-state index in [1.807, 2.05) is 13.0 Å². The zero-order chi connectivity index (χ0) is 12.5. The molecule has 1 aromatic rings. The normalized spacial score (nSPS) is 21.3. The zero-order valence-corrected chi connectivity index (χ0v) is 11.1. The Balaban J connectivity index is 1.72. The van der Waals surface area contributed by atoms with Gasteiger partial charge in [-0.3, -0.25) is 4.90 Å². The van der Waals surface area contributed by atoms with Gasteiger partial charge in [-0.15, -0.1) is 0 Å². The predicted octanol–water partition coefficient (Wildman–Crippen LogP) is 1.13. The lowest BCUT2D eigenvalue weighted by atomic mass is 10.2. The van der Waals surface area contributed by atoms with Gasteiger partial charge in [0, 0.05) is 50.0 Å². The molecular formula is C14H22N4. The van der Waals surface area contributed by atoms with E-state index in [2.05, 4.69) is 20.9 Å². The molecule has 0 radical (unpaired) electrons. The molecule has 2 N–H and O–H groups in total. The third kappa shape index (κ3) is 2.35. The first-order valence-electron chi connectivity index (χ1n) is 6.93. The fourth-order valence-electron chi connectivity index (χ4n) is 2.74. The van der Waals surface area contributed by atoms with Crippen molar-refractivity contribution in [1.82, 2.24) is 9.88 Å². The largest absolute Gasteiger partial charge is 0.354 e. The van der Waals surface area contributed by atoms with Crippen LogP contribution in [0, 0.1) is 6.92 Å². The molecule has 4 nitrogen and oxygen atoms in total. The molecule has 4 heteroatoms. The summed E-state index contributed by atoms with van der Waals surface area (Å²) in [5, 5.41) is 0. The van der Waals surface area contributed by atoms with Gasteiger partial charge in [-0.1, -0.05) is 6.07 Å². The van der Waals surface area contributed by atoms with Crippen LogP contribution in [0.3, 0.4) is 0 Å². The van der Waals surface area contributed by atoms with Crippen LogP contribution in [0.4, 0.5) is 5.82 Å². The second-order valence-corrected chi connectivity index (χ2v) is 5.39. The molecule has 0 amide bonds. The van der Waals surface area contributed by atoms with Crippen LogP contribution >= 0.6 is 0 Å². The van der Waals surface area contributed by atoms with E-state index in [9.17, 15) is 0 Å². The van der Waals surface area contributed by atoms with E-state index in [4.69, 9.17) is 5.73 Å². The quantitative estimate of drug-likeness (QED) is 0.868. The summed E-state index contributed by atoms with van der Waals surface area (Å²) in [6.45, 7) is 7.13. The van der Waals surface area contributed by atoms with Crippen molar-refractivity contribution < 1.29 is 0 Å². The number of nitrogens with two attached hydrogens (primary N) is 1. The van der Waals surface area contributed by atoms with Crippen LogP contribution in [0.15, 0.2) is 12.1 Å². The third-order valence-electron chi connectivity index (χ3n) is 3.99. The van der Waals surface area contributed by atoms with Crippen LogP contribution in [-0.2, 0) is 6.54 Å². The molecule has 1 aromatic heterocycles. The van der Waals surface area contributed by atoms with Crippen molar-refractivity contribution in [1.29, 1.82) is 0 Å². The lowest BCUT2D eigenvalue weighted by molar-refractivity contribution is 0.247. The highest BCUT2D eigenvalue weighted by Gasteiger charge is 2.31. The molecule has 18 heavy (non-hydrogen) atoms. The maximum absolute atomic E-state index is 5.82. The van der Waals surface area contributed by atoms with E-state index in [1.165, 1.54) is 31.5 Å². The van der Waals surface area contributed by atoms with Gasteiger partial charge in [-0.05, 0) is 25.8 Å². The molecule has 1 saturated heterocycles. The number of aromatic nitrogens is 1. The van der Waals surface area contributed by atoms with Crippen molar-refractivity contribution in [2.45, 2.75) is 32.4 Å². The van der Waals surface area contributed by atoms with Gasteiger partial charge in [0.25, 0.3) is 0 Å². The van der Waals surface area contributed by atoms with Gasteiger partial charge in [0.1, 0.15) is 5.82 Å². The lowest BCUT2D eigenvalue weighted by Crippen LogP contribution is -2.47. The Labute approximate surface area is 109 Å². The van der Waals surface area contributed by atoms with Gasteiger partial charge < -0.3 is 10.6 Å². The van der Waals surface area contributed by atoms with E-state index in [-0.39, 0.29) is 0 Å². The fraction of sp³-hybridized carbons (Fsp3) is 0.643. The van der Waals surface area contributed by atoms with E-state index in [0.29, 0.717) is 6.54 Å². The molecule has 0 unspecified atom stereocenters. The zero-order valence-electron chi connectivity index (χ0n) is 11.1. The molecular weight excluding hydrogens is 224 g/mol. The molecule has 98 valence electrons. The average Bonchev–Trinajstić information content (AvgIpc) is 3.23. The first kappa shape index (κ1) is 11.9. The molecule has 3 rings (SSSR count). The predicted molar refractivity (Wildman–Crippen MR) is 73.7 cm³/mol. The second kappa shape index (κ2) is 4.86. The highest BCUT2D eigenvalue weighted by Crippen LogP contribution is 2.28. The van der Waals surface area contributed by atoms with Gasteiger partial charge in [0.05, 0.1) is 0 Å². The lowest BCUT2D eigenvalue weighted by Gasteiger charge is -2.36. The van der Waals surface area contributed by atoms with Gasteiger partial charge in [-0.25, -0.2) is 4.98 Å². The summed E-state index contributed by atoms with van der Waals surface area (Å²) in [5.41, 5.74) is 8.06. The summed E-state index contributed by atoms with van der Waals surface area (Å²) in [7, 11) is 0. The SMILES string of the molecule is Cc1ccc(CN)c(N2CCN(C3CC3)CC2)n1. The standard InChI is InChI=1S/C14H22N4/c1-11-2-3-12(10-15)14(16-11)18-8-6-17(7-9-18)13-4-5-13/h2-3,13H,4-10,15H2,1H3. The number of nitrogens with zero attached hydrogens (tertiary/aromatic N) is 3. The monoisotopic (exact) mass is 246 g/mol. The molecule has 0 aromatic carbocycles. The third-order valence-corrected chi connectivity index (χ3v) is 3.99. The van der Waals surface area contributed by atoms with Gasteiger partial charge in [0.2, 0.25) is 0 Å². The molecule has 2 fully saturated rings. The number of hydrogen-bond donors (Lipinski definition) is 1. The summed E-state index contributed by atoms with van der Waals surface area (Å²) in [4.78, 5) is 9.70. The first-order chi connectivity index (χ1) is 8.78. The molecule has 1 aliphatic heterocycles. The van der Waals surface area contributed by atoms with E-state index in [0.717, 1.165) is 30.6 Å². The minimum absolute atomic E-state index is 0.575. The van der Waals surface area contributed by atoms with Crippen molar-refractivity contribution in [2.24, 2.45) is 5.73 Å². The Kier molecular flexibility index (Phi) is 3.22. The molecule has 0 spiro atoms. The number of piperazine rings is 1. The molecule has 1 aliphatic carbocycles. The van der Waals surface area contributed by atoms with Crippen molar-refractivity contribution in [3.63, 3.8) is 0 Å². The van der Waals surface area contributed by atoms with Crippen LogP contribution in [0.5, 0.6) is 0 Å². The van der Waals surface area contributed by atoms with E-state index in [1.54, 1.807) is 0 Å². The molecule has 0 atom stereocenters. The Hall–Kier alpha value is -1.13. The number of rotatable bonds is 3. The summed E-state index contributed by atoms with van der Waals surface area (Å²) in [6, 6.07) is 5.04. The first-order valence-corrected chi connectivity index (χ1v) is 6.93. The highest BCUT2D eigenvalue weighted by molar-refractivity contribution is 5.48. The maximum atomic E-state index is 5.82. The summed E-state index contributed by atoms with van der Waals surface area (Å²) in [6.07, 6.45) is 2.80. The van der Waals surface area contributed by atoms with Gasteiger partial charge in [-0.2, -0.15) is 0 Å². The summed E-state index contributed by atoms with van der Waals surface area (Å²) >= 11 is 0. The average molecular weight is 246 g/mol. The maximum Gasteiger partial charge on any atom is 0.133 e. The Morgan fingerprint density at radius 1 is 1.22 bits per heavy atom. The van der Waals surface area contributed by atoms with Crippen LogP contribution < -0.4 is 10.6 Å². The van der Waals surface area contributed by atoms with Crippen LogP contribution in [0.25, 0.3) is 0 Å². The smallest absolute Gasteiger partial charge is 0.133 e. The Morgan fingerprint density at radius 3 is 2.56 bits per heavy atom. The second-order valence-electron chi connectivity index (χ2n) is 5.39. The number of pyridine rings is 1. The van der Waals surface area contributed by atoms with Crippen LogP contribution in [-0.4, -0.2) is 42.1 Å². The molecule has 2 heterocycles. The molecule has 1 saturated carbocycles. The highest BCUT2D eigenvalue weighted by atomic mass is 15.3. The minimum atomic E-state index is 0.575. The number of anilines is 1. The van der Waals surface area contributed by atoms with Crippen molar-refractivity contribution in [3.8, 4) is 0 Å².